The summed E-state index contributed by atoms with van der Waals surface area (Å²) in [4.78, 5) is 0. The maximum Gasteiger partial charge on any atom is 0.126 e. The van der Waals surface area contributed by atoms with Gasteiger partial charge in [-0.3, -0.25) is 0 Å². The third-order valence-electron chi connectivity index (χ3n) is 2.08. The summed E-state index contributed by atoms with van der Waals surface area (Å²) in [5.41, 5.74) is 5.30. The molecule has 0 saturated carbocycles. The Balaban J connectivity index is 2.46. The van der Waals surface area contributed by atoms with Crippen molar-refractivity contribution in [3.05, 3.63) is 18.2 Å². The number of hydrogen-bond acceptors (Lipinski definition) is 5. The summed E-state index contributed by atoms with van der Waals surface area (Å²) in [6, 6.07) is 5.38. The second kappa shape index (κ2) is 7.76. The number of nitrogens with two attached hydrogens (primary N) is 1. The van der Waals surface area contributed by atoms with Crippen LogP contribution in [-0.4, -0.2) is 40.6 Å². The van der Waals surface area contributed by atoms with Gasteiger partial charge in [0.05, 0.1) is 27.4 Å². The van der Waals surface area contributed by atoms with E-state index in [0.29, 0.717) is 43.6 Å². The van der Waals surface area contributed by atoms with E-state index in [1.807, 2.05) is 0 Å². The molecule has 0 bridgehead atoms. The van der Waals surface area contributed by atoms with Crippen molar-refractivity contribution in [3.8, 4) is 17.2 Å². The number of ether oxygens (including phenoxy) is 4. The van der Waals surface area contributed by atoms with E-state index in [9.17, 15) is 0 Å². The van der Waals surface area contributed by atoms with Crippen LogP contribution in [0.4, 0.5) is 0 Å². The largest absolute Gasteiger partial charge is 0.496 e. The molecule has 0 radical (unpaired) electrons. The molecule has 1 aromatic carbocycles. The number of rotatable bonds is 8. The highest BCUT2D eigenvalue weighted by Crippen LogP contribution is 2.27. The van der Waals surface area contributed by atoms with Gasteiger partial charge in [-0.1, -0.05) is 0 Å². The fourth-order valence-corrected chi connectivity index (χ4v) is 1.27. The van der Waals surface area contributed by atoms with Crippen molar-refractivity contribution in [1.82, 2.24) is 0 Å². The van der Waals surface area contributed by atoms with Gasteiger partial charge in [0.15, 0.2) is 0 Å². The van der Waals surface area contributed by atoms with Crippen LogP contribution in [0, 0.1) is 0 Å². The highest BCUT2D eigenvalue weighted by Gasteiger charge is 2.02. The number of methoxy groups -OCH3 is 2. The molecule has 0 saturated heterocycles. The molecular formula is C12H19NO4. The average molecular weight is 241 g/mol. The topological polar surface area (TPSA) is 62.9 Å². The molecule has 5 nitrogen and oxygen atoms in total. The lowest BCUT2D eigenvalue weighted by Crippen LogP contribution is -2.13. The van der Waals surface area contributed by atoms with Crippen molar-refractivity contribution >= 4 is 0 Å². The molecule has 1 rings (SSSR count). The first-order valence-electron chi connectivity index (χ1n) is 5.44. The van der Waals surface area contributed by atoms with Gasteiger partial charge >= 0.3 is 0 Å². The number of benzene rings is 1. The molecule has 5 heteroatoms. The van der Waals surface area contributed by atoms with Gasteiger partial charge in [-0.25, -0.2) is 0 Å². The van der Waals surface area contributed by atoms with E-state index in [1.165, 1.54) is 0 Å². The standard InChI is InChI=1S/C12H19NO4/c1-14-10-7-11(15-2)9-12(8-10)17-6-5-16-4-3-13/h7-9H,3-6,13H2,1-2H3. The van der Waals surface area contributed by atoms with Crippen molar-refractivity contribution in [2.45, 2.75) is 0 Å². The lowest BCUT2D eigenvalue weighted by molar-refractivity contribution is 0.105. The zero-order valence-electron chi connectivity index (χ0n) is 10.3. The molecule has 0 atom stereocenters. The minimum Gasteiger partial charge on any atom is -0.496 e. The van der Waals surface area contributed by atoms with E-state index in [4.69, 9.17) is 24.7 Å². The summed E-state index contributed by atoms with van der Waals surface area (Å²) in [5.74, 6) is 2.09. The molecule has 0 spiro atoms. The average Bonchev–Trinajstić information content (AvgIpc) is 2.38. The Morgan fingerprint density at radius 3 is 2.00 bits per heavy atom. The van der Waals surface area contributed by atoms with Gasteiger partial charge in [-0.05, 0) is 0 Å². The zero-order chi connectivity index (χ0) is 12.5. The molecule has 0 aromatic heterocycles. The Labute approximate surface area is 101 Å². The molecule has 0 unspecified atom stereocenters. The zero-order valence-corrected chi connectivity index (χ0v) is 10.3. The lowest BCUT2D eigenvalue weighted by Gasteiger charge is -2.10. The van der Waals surface area contributed by atoms with Crippen LogP contribution in [0.25, 0.3) is 0 Å². The maximum absolute atomic E-state index is 5.51. The Morgan fingerprint density at radius 2 is 1.47 bits per heavy atom. The fourth-order valence-electron chi connectivity index (χ4n) is 1.27. The smallest absolute Gasteiger partial charge is 0.126 e. The third kappa shape index (κ3) is 4.93. The van der Waals surface area contributed by atoms with E-state index < -0.39 is 0 Å². The van der Waals surface area contributed by atoms with Crippen LogP contribution < -0.4 is 19.9 Å². The maximum atomic E-state index is 5.51. The van der Waals surface area contributed by atoms with Crippen LogP contribution in [0.2, 0.25) is 0 Å². The molecule has 2 N–H and O–H groups in total. The van der Waals surface area contributed by atoms with Gasteiger partial charge in [0.2, 0.25) is 0 Å². The lowest BCUT2D eigenvalue weighted by atomic mass is 10.3. The normalized spacial score (nSPS) is 10.1. The van der Waals surface area contributed by atoms with Crippen molar-refractivity contribution in [2.24, 2.45) is 5.73 Å². The Hall–Kier alpha value is -1.46. The molecular weight excluding hydrogens is 222 g/mol. The fraction of sp³-hybridized carbons (Fsp3) is 0.500. The van der Waals surface area contributed by atoms with Crippen LogP contribution in [0.5, 0.6) is 17.2 Å². The van der Waals surface area contributed by atoms with E-state index in [0.717, 1.165) is 0 Å². The van der Waals surface area contributed by atoms with Gasteiger partial charge in [0.25, 0.3) is 0 Å². The highest BCUT2D eigenvalue weighted by molar-refractivity contribution is 5.41. The SMILES string of the molecule is COc1cc(OC)cc(OCCOCCN)c1. The molecule has 96 valence electrons. The molecule has 0 aliphatic rings. The summed E-state index contributed by atoms with van der Waals surface area (Å²) in [7, 11) is 3.20. The van der Waals surface area contributed by atoms with Gasteiger partial charge in [-0.2, -0.15) is 0 Å². The van der Waals surface area contributed by atoms with Crippen LogP contribution in [0.15, 0.2) is 18.2 Å². The number of hydrogen-bond donors (Lipinski definition) is 1. The molecule has 0 amide bonds. The van der Waals surface area contributed by atoms with Gasteiger partial charge in [0, 0.05) is 24.7 Å². The predicted octanol–water partition coefficient (Wildman–Crippen LogP) is 1.06. The second-order valence-corrected chi connectivity index (χ2v) is 3.30. The summed E-state index contributed by atoms with van der Waals surface area (Å²) in [5, 5.41) is 0. The second-order valence-electron chi connectivity index (χ2n) is 3.30. The first-order chi connectivity index (χ1) is 8.30. The summed E-state index contributed by atoms with van der Waals surface area (Å²) < 4.78 is 21.0. The molecule has 0 fully saturated rings. The quantitative estimate of drug-likeness (QED) is 0.689. The van der Waals surface area contributed by atoms with E-state index >= 15 is 0 Å². The first kappa shape index (κ1) is 13.6. The first-order valence-corrected chi connectivity index (χ1v) is 5.44. The third-order valence-corrected chi connectivity index (χ3v) is 2.08. The van der Waals surface area contributed by atoms with Crippen LogP contribution >= 0.6 is 0 Å². The molecule has 1 aromatic rings. The minimum atomic E-state index is 0.469. The summed E-state index contributed by atoms with van der Waals surface area (Å²) in [6.45, 7) is 2.05. The van der Waals surface area contributed by atoms with Crippen LogP contribution in [0.1, 0.15) is 0 Å². The van der Waals surface area contributed by atoms with Crippen molar-refractivity contribution in [1.29, 1.82) is 0 Å². The Morgan fingerprint density at radius 1 is 0.882 bits per heavy atom. The molecule has 17 heavy (non-hydrogen) atoms. The van der Waals surface area contributed by atoms with Crippen molar-refractivity contribution in [2.75, 3.05) is 40.6 Å². The molecule has 0 aliphatic carbocycles. The van der Waals surface area contributed by atoms with E-state index in [2.05, 4.69) is 0 Å². The van der Waals surface area contributed by atoms with Gasteiger partial charge < -0.3 is 24.7 Å². The molecule has 0 heterocycles. The highest BCUT2D eigenvalue weighted by atomic mass is 16.5. The van der Waals surface area contributed by atoms with E-state index in [1.54, 1.807) is 32.4 Å². The molecule has 0 aliphatic heterocycles. The van der Waals surface area contributed by atoms with Crippen molar-refractivity contribution < 1.29 is 18.9 Å². The predicted molar refractivity (Wildman–Crippen MR) is 64.9 cm³/mol. The summed E-state index contributed by atoms with van der Waals surface area (Å²) >= 11 is 0. The Bertz CT molecular complexity index is 308. The van der Waals surface area contributed by atoms with Crippen LogP contribution in [-0.2, 0) is 4.74 Å². The van der Waals surface area contributed by atoms with E-state index in [-0.39, 0.29) is 0 Å². The van der Waals surface area contributed by atoms with Gasteiger partial charge in [0.1, 0.15) is 23.9 Å². The monoisotopic (exact) mass is 241 g/mol. The van der Waals surface area contributed by atoms with Gasteiger partial charge in [-0.15, -0.1) is 0 Å². The van der Waals surface area contributed by atoms with Crippen molar-refractivity contribution in [3.63, 3.8) is 0 Å². The summed E-state index contributed by atoms with van der Waals surface area (Å²) in [6.07, 6.45) is 0. The minimum absolute atomic E-state index is 0.469. The van der Waals surface area contributed by atoms with Crippen LogP contribution in [0.3, 0.4) is 0 Å². The Kier molecular flexibility index (Phi) is 6.21.